The van der Waals surface area contributed by atoms with Gasteiger partial charge in [0.1, 0.15) is 0 Å². The Morgan fingerprint density at radius 2 is 1.94 bits per heavy atom. The average molecular weight is 227 g/mol. The summed E-state index contributed by atoms with van der Waals surface area (Å²) in [6, 6.07) is 0. The van der Waals surface area contributed by atoms with E-state index in [9.17, 15) is 0 Å². The van der Waals surface area contributed by atoms with Crippen LogP contribution in [0.25, 0.3) is 0 Å². The Bertz CT molecular complexity index is 163. The van der Waals surface area contributed by atoms with Gasteiger partial charge in [-0.3, -0.25) is 0 Å². The molecule has 0 aromatic carbocycles. The van der Waals surface area contributed by atoms with Gasteiger partial charge in [0.25, 0.3) is 0 Å². The fourth-order valence-electron chi connectivity index (χ4n) is 2.46. The van der Waals surface area contributed by atoms with Crippen molar-refractivity contribution in [3.05, 3.63) is 0 Å². The minimum absolute atomic E-state index is 0.970. The highest BCUT2D eigenvalue weighted by molar-refractivity contribution is 4.72. The third-order valence-electron chi connectivity index (χ3n) is 3.59. The molecule has 0 amide bonds. The maximum Gasteiger partial charge on any atom is -0.000655 e. The van der Waals surface area contributed by atoms with Crippen molar-refractivity contribution in [1.29, 1.82) is 0 Å². The summed E-state index contributed by atoms with van der Waals surface area (Å²) in [5.74, 6) is 0.970. The molecule has 0 atom stereocenters. The lowest BCUT2D eigenvalue weighted by molar-refractivity contribution is 0.173. The zero-order valence-corrected chi connectivity index (χ0v) is 11.3. The minimum Gasteiger partial charge on any atom is -0.320 e. The molecule has 1 rings (SSSR count). The summed E-state index contributed by atoms with van der Waals surface area (Å²) in [5, 5.41) is 3.25. The standard InChI is InChI=1S/C13H29N3/c1-14-8-5-13-6-11-16(12-7-13)10-4-9-15(2)3/h13-14H,4-12H2,1-3H3. The van der Waals surface area contributed by atoms with Gasteiger partial charge in [-0.25, -0.2) is 0 Å². The molecule has 1 aliphatic heterocycles. The number of nitrogens with zero attached hydrogens (tertiary/aromatic N) is 2. The van der Waals surface area contributed by atoms with Gasteiger partial charge in [0.15, 0.2) is 0 Å². The summed E-state index contributed by atoms with van der Waals surface area (Å²) < 4.78 is 0. The topological polar surface area (TPSA) is 18.5 Å². The molecular weight excluding hydrogens is 198 g/mol. The fourth-order valence-corrected chi connectivity index (χ4v) is 2.46. The lowest BCUT2D eigenvalue weighted by Gasteiger charge is -2.32. The molecule has 1 saturated heterocycles. The van der Waals surface area contributed by atoms with Crippen LogP contribution in [0.5, 0.6) is 0 Å². The molecule has 1 aliphatic rings. The third-order valence-corrected chi connectivity index (χ3v) is 3.59. The van der Waals surface area contributed by atoms with Gasteiger partial charge in [-0.1, -0.05) is 0 Å². The smallest absolute Gasteiger partial charge is 0.000655 e. The molecule has 1 fully saturated rings. The van der Waals surface area contributed by atoms with E-state index < -0.39 is 0 Å². The van der Waals surface area contributed by atoms with Gasteiger partial charge in [-0.2, -0.15) is 0 Å². The van der Waals surface area contributed by atoms with Crippen molar-refractivity contribution in [3.63, 3.8) is 0 Å². The summed E-state index contributed by atoms with van der Waals surface area (Å²) in [7, 11) is 6.37. The predicted molar refractivity (Wildman–Crippen MR) is 70.9 cm³/mol. The molecule has 3 nitrogen and oxygen atoms in total. The lowest BCUT2D eigenvalue weighted by atomic mass is 9.93. The first-order chi connectivity index (χ1) is 7.72. The maximum atomic E-state index is 3.25. The van der Waals surface area contributed by atoms with Crippen LogP contribution in [0.15, 0.2) is 0 Å². The van der Waals surface area contributed by atoms with Gasteiger partial charge in [0, 0.05) is 0 Å². The van der Waals surface area contributed by atoms with E-state index in [0.29, 0.717) is 0 Å². The normalized spacial score (nSPS) is 19.5. The van der Waals surface area contributed by atoms with Crippen molar-refractivity contribution >= 4 is 0 Å². The summed E-state index contributed by atoms with van der Waals surface area (Å²) in [6.07, 6.45) is 5.49. The van der Waals surface area contributed by atoms with E-state index in [0.717, 1.165) is 5.92 Å². The summed E-state index contributed by atoms with van der Waals surface area (Å²) >= 11 is 0. The van der Waals surface area contributed by atoms with Crippen molar-refractivity contribution in [1.82, 2.24) is 15.1 Å². The Morgan fingerprint density at radius 3 is 2.50 bits per heavy atom. The van der Waals surface area contributed by atoms with Gasteiger partial charge < -0.3 is 15.1 Å². The first-order valence-corrected chi connectivity index (χ1v) is 6.74. The molecule has 0 radical (unpaired) electrons. The largest absolute Gasteiger partial charge is 0.320 e. The first-order valence-electron chi connectivity index (χ1n) is 6.74. The minimum atomic E-state index is 0.970. The van der Waals surface area contributed by atoms with Gasteiger partial charge in [0.05, 0.1) is 0 Å². The second-order valence-corrected chi connectivity index (χ2v) is 5.33. The van der Waals surface area contributed by atoms with Crippen molar-refractivity contribution in [2.45, 2.75) is 25.7 Å². The molecule has 0 saturated carbocycles. The molecule has 0 aromatic rings. The number of rotatable bonds is 7. The van der Waals surface area contributed by atoms with Crippen LogP contribution in [0.1, 0.15) is 25.7 Å². The molecule has 1 heterocycles. The number of likely N-dealkylation sites (tertiary alicyclic amines) is 1. The first kappa shape index (κ1) is 13.9. The zero-order chi connectivity index (χ0) is 11.8. The number of piperidine rings is 1. The number of hydrogen-bond donors (Lipinski definition) is 1. The monoisotopic (exact) mass is 227 g/mol. The number of nitrogens with one attached hydrogen (secondary N) is 1. The highest BCUT2D eigenvalue weighted by Crippen LogP contribution is 2.19. The van der Waals surface area contributed by atoms with E-state index in [2.05, 4.69) is 36.3 Å². The summed E-state index contributed by atoms with van der Waals surface area (Å²) in [6.45, 7) is 6.34. The second-order valence-electron chi connectivity index (χ2n) is 5.33. The van der Waals surface area contributed by atoms with Crippen LogP contribution >= 0.6 is 0 Å². The van der Waals surface area contributed by atoms with Crippen molar-refractivity contribution in [2.24, 2.45) is 5.92 Å². The van der Waals surface area contributed by atoms with Crippen LogP contribution in [-0.4, -0.2) is 63.7 Å². The molecule has 0 spiro atoms. The second kappa shape index (κ2) is 8.04. The van der Waals surface area contributed by atoms with Gasteiger partial charge in [-0.15, -0.1) is 0 Å². The summed E-state index contributed by atoms with van der Waals surface area (Å²) in [4.78, 5) is 4.92. The van der Waals surface area contributed by atoms with Crippen molar-refractivity contribution in [3.8, 4) is 0 Å². The van der Waals surface area contributed by atoms with Crippen LogP contribution in [0.2, 0.25) is 0 Å². The molecule has 0 unspecified atom stereocenters. The Morgan fingerprint density at radius 1 is 1.25 bits per heavy atom. The quantitative estimate of drug-likeness (QED) is 0.706. The van der Waals surface area contributed by atoms with E-state index in [4.69, 9.17) is 0 Å². The van der Waals surface area contributed by atoms with E-state index in [1.54, 1.807) is 0 Å². The predicted octanol–water partition coefficient (Wildman–Crippen LogP) is 1.26. The maximum absolute atomic E-state index is 3.25. The number of hydrogen-bond acceptors (Lipinski definition) is 3. The van der Waals surface area contributed by atoms with Crippen LogP contribution in [0.4, 0.5) is 0 Å². The van der Waals surface area contributed by atoms with Gasteiger partial charge in [0.2, 0.25) is 0 Å². The Hall–Kier alpha value is -0.120. The molecule has 0 bridgehead atoms. The van der Waals surface area contributed by atoms with Crippen LogP contribution in [-0.2, 0) is 0 Å². The van der Waals surface area contributed by atoms with E-state index in [1.807, 2.05) is 0 Å². The molecule has 1 N–H and O–H groups in total. The van der Waals surface area contributed by atoms with Crippen molar-refractivity contribution in [2.75, 3.05) is 53.9 Å². The highest BCUT2D eigenvalue weighted by atomic mass is 15.1. The Balaban J connectivity index is 2.03. The van der Waals surface area contributed by atoms with E-state index in [1.165, 1.54) is 58.4 Å². The zero-order valence-electron chi connectivity index (χ0n) is 11.3. The lowest BCUT2D eigenvalue weighted by Crippen LogP contribution is -2.36. The van der Waals surface area contributed by atoms with Gasteiger partial charge >= 0.3 is 0 Å². The average Bonchev–Trinajstić information content (AvgIpc) is 2.27. The van der Waals surface area contributed by atoms with Crippen LogP contribution in [0, 0.1) is 5.92 Å². The Labute approximate surface area is 101 Å². The SMILES string of the molecule is CNCCC1CCN(CCCN(C)C)CC1. The van der Waals surface area contributed by atoms with Crippen LogP contribution < -0.4 is 5.32 Å². The highest BCUT2D eigenvalue weighted by Gasteiger charge is 2.17. The molecule has 96 valence electrons. The third kappa shape index (κ3) is 5.83. The summed E-state index contributed by atoms with van der Waals surface area (Å²) in [5.41, 5.74) is 0. The molecule has 0 aliphatic carbocycles. The molecule has 3 heteroatoms. The Kier molecular flexibility index (Phi) is 7.01. The van der Waals surface area contributed by atoms with Gasteiger partial charge in [-0.05, 0) is 85.5 Å². The van der Waals surface area contributed by atoms with Crippen molar-refractivity contribution < 1.29 is 0 Å². The molecular formula is C13H29N3. The van der Waals surface area contributed by atoms with E-state index in [-0.39, 0.29) is 0 Å². The fraction of sp³-hybridized carbons (Fsp3) is 1.00. The van der Waals surface area contributed by atoms with Crippen LogP contribution in [0.3, 0.4) is 0 Å². The molecule has 0 aromatic heterocycles. The molecule has 16 heavy (non-hydrogen) atoms. The van der Waals surface area contributed by atoms with E-state index >= 15 is 0 Å².